The summed E-state index contributed by atoms with van der Waals surface area (Å²) < 4.78 is 0. The van der Waals surface area contributed by atoms with Crippen LogP contribution in [0.2, 0.25) is 0 Å². The molecule has 0 bridgehead atoms. The Labute approximate surface area is 159 Å². The van der Waals surface area contributed by atoms with Crippen molar-refractivity contribution in [3.05, 3.63) is 34.9 Å². The number of nitrogens with zero attached hydrogens (tertiary/aromatic N) is 1. The van der Waals surface area contributed by atoms with Gasteiger partial charge in [-0.3, -0.25) is 4.99 Å². The van der Waals surface area contributed by atoms with E-state index in [1.165, 1.54) is 42.5 Å². The molecular formula is C25H33N. The first-order valence-corrected chi connectivity index (χ1v) is 10.6. The molecule has 3 aliphatic carbocycles. The molecule has 0 amide bonds. The standard InChI is InChI=1S/C25H33N/c1-6-8-19-14-23(19)26-24-15-22-17(4)9-7-12-25(22,5)21-11-10-18(16(2)3)13-20(21)24/h1,10-11,13,16-17,19,22-23H,7-9,12,14-15H2,2-5H3. The fourth-order valence-electron chi connectivity index (χ4n) is 5.63. The van der Waals surface area contributed by atoms with Crippen LogP contribution >= 0.6 is 0 Å². The summed E-state index contributed by atoms with van der Waals surface area (Å²) in [5.74, 6) is 5.54. The normalized spacial score (nSPS) is 37.2. The van der Waals surface area contributed by atoms with Crippen LogP contribution in [0.5, 0.6) is 0 Å². The van der Waals surface area contributed by atoms with Crippen molar-refractivity contribution in [2.45, 2.75) is 83.6 Å². The summed E-state index contributed by atoms with van der Waals surface area (Å²) >= 11 is 0. The Morgan fingerprint density at radius 1 is 1.35 bits per heavy atom. The van der Waals surface area contributed by atoms with Crippen molar-refractivity contribution in [1.29, 1.82) is 0 Å². The van der Waals surface area contributed by atoms with Gasteiger partial charge in [-0.05, 0) is 71.1 Å². The fraction of sp³-hybridized carbons (Fsp3) is 0.640. The van der Waals surface area contributed by atoms with E-state index in [0.717, 1.165) is 24.7 Å². The zero-order chi connectivity index (χ0) is 18.5. The second-order valence-corrected chi connectivity index (χ2v) is 9.60. The predicted octanol–water partition coefficient (Wildman–Crippen LogP) is 6.11. The SMILES string of the molecule is C#CCC1CC1N=C1CC2C(C)CCCC2(C)c2ccc(C(C)C)cc21. The summed E-state index contributed by atoms with van der Waals surface area (Å²) in [6.45, 7) is 9.57. The second-order valence-electron chi connectivity index (χ2n) is 9.60. The van der Waals surface area contributed by atoms with Gasteiger partial charge >= 0.3 is 0 Å². The van der Waals surface area contributed by atoms with Gasteiger partial charge in [0.05, 0.1) is 6.04 Å². The van der Waals surface area contributed by atoms with E-state index in [-0.39, 0.29) is 0 Å². The molecule has 0 aliphatic heterocycles. The van der Waals surface area contributed by atoms with Crippen molar-refractivity contribution in [1.82, 2.24) is 0 Å². The summed E-state index contributed by atoms with van der Waals surface area (Å²) in [6, 6.07) is 7.74. The number of terminal acetylenes is 1. The molecule has 2 saturated carbocycles. The molecular weight excluding hydrogens is 314 g/mol. The van der Waals surface area contributed by atoms with Crippen LogP contribution in [0, 0.1) is 30.1 Å². The second kappa shape index (κ2) is 6.56. The van der Waals surface area contributed by atoms with Gasteiger partial charge in [-0.25, -0.2) is 0 Å². The smallest absolute Gasteiger partial charge is 0.0544 e. The minimum Gasteiger partial charge on any atom is -0.285 e. The van der Waals surface area contributed by atoms with Crippen LogP contribution in [0.3, 0.4) is 0 Å². The Morgan fingerprint density at radius 2 is 2.15 bits per heavy atom. The lowest BCUT2D eigenvalue weighted by atomic mass is 9.54. The minimum absolute atomic E-state index is 0.323. The molecule has 5 unspecified atom stereocenters. The Hall–Kier alpha value is -1.55. The third kappa shape index (κ3) is 2.92. The van der Waals surface area contributed by atoms with E-state index in [4.69, 9.17) is 11.4 Å². The average Bonchev–Trinajstić information content (AvgIpc) is 3.34. The Bertz CT molecular complexity index is 765. The van der Waals surface area contributed by atoms with E-state index in [9.17, 15) is 0 Å². The zero-order valence-corrected chi connectivity index (χ0v) is 16.9. The summed E-state index contributed by atoms with van der Waals surface area (Å²) in [7, 11) is 0. The quantitative estimate of drug-likeness (QED) is 0.585. The Morgan fingerprint density at radius 3 is 2.88 bits per heavy atom. The third-order valence-electron chi connectivity index (χ3n) is 7.50. The van der Waals surface area contributed by atoms with Crippen molar-refractivity contribution in [2.24, 2.45) is 22.7 Å². The first kappa shape index (κ1) is 17.8. The van der Waals surface area contributed by atoms with Gasteiger partial charge in [0, 0.05) is 12.1 Å². The van der Waals surface area contributed by atoms with Gasteiger partial charge in [0.1, 0.15) is 0 Å². The van der Waals surface area contributed by atoms with E-state index in [2.05, 4.69) is 51.8 Å². The van der Waals surface area contributed by atoms with Crippen LogP contribution in [0.4, 0.5) is 0 Å². The lowest BCUT2D eigenvalue weighted by Crippen LogP contribution is -2.45. The topological polar surface area (TPSA) is 12.4 Å². The molecule has 3 aliphatic rings. The number of aliphatic imine (C=N–C) groups is 1. The molecule has 0 saturated heterocycles. The van der Waals surface area contributed by atoms with Crippen molar-refractivity contribution >= 4 is 5.71 Å². The van der Waals surface area contributed by atoms with Crippen molar-refractivity contribution < 1.29 is 0 Å². The molecule has 0 aromatic heterocycles. The van der Waals surface area contributed by atoms with Gasteiger partial charge in [0.15, 0.2) is 0 Å². The largest absolute Gasteiger partial charge is 0.285 e. The molecule has 1 nitrogen and oxygen atoms in total. The molecule has 4 rings (SSSR count). The number of hydrogen-bond acceptors (Lipinski definition) is 1. The molecule has 0 spiro atoms. The summed E-state index contributed by atoms with van der Waals surface area (Å²) in [5, 5.41) is 0. The van der Waals surface area contributed by atoms with Gasteiger partial charge in [-0.15, -0.1) is 12.3 Å². The van der Waals surface area contributed by atoms with Crippen LogP contribution in [0.1, 0.15) is 88.8 Å². The number of benzene rings is 1. The molecule has 1 heteroatoms. The highest BCUT2D eigenvalue weighted by molar-refractivity contribution is 6.04. The first-order chi connectivity index (χ1) is 12.4. The van der Waals surface area contributed by atoms with E-state index < -0.39 is 0 Å². The number of hydrogen-bond donors (Lipinski definition) is 0. The number of rotatable bonds is 3. The predicted molar refractivity (Wildman–Crippen MR) is 111 cm³/mol. The molecule has 1 aromatic carbocycles. The van der Waals surface area contributed by atoms with Gasteiger partial charge < -0.3 is 0 Å². The van der Waals surface area contributed by atoms with Gasteiger partial charge in [-0.2, -0.15) is 0 Å². The zero-order valence-electron chi connectivity index (χ0n) is 16.9. The lowest BCUT2D eigenvalue weighted by molar-refractivity contribution is 0.139. The maximum atomic E-state index is 5.52. The van der Waals surface area contributed by atoms with Crippen LogP contribution in [0.25, 0.3) is 0 Å². The van der Waals surface area contributed by atoms with Crippen LogP contribution in [-0.4, -0.2) is 11.8 Å². The van der Waals surface area contributed by atoms with Crippen LogP contribution < -0.4 is 0 Å². The van der Waals surface area contributed by atoms with Crippen molar-refractivity contribution in [3.8, 4) is 12.3 Å². The highest BCUT2D eigenvalue weighted by atomic mass is 14.9. The van der Waals surface area contributed by atoms with E-state index in [0.29, 0.717) is 23.3 Å². The van der Waals surface area contributed by atoms with Gasteiger partial charge in [0.2, 0.25) is 0 Å². The lowest BCUT2D eigenvalue weighted by Gasteiger charge is -2.50. The van der Waals surface area contributed by atoms with Crippen molar-refractivity contribution in [3.63, 3.8) is 0 Å². The van der Waals surface area contributed by atoms with E-state index in [1.54, 1.807) is 5.56 Å². The Balaban J connectivity index is 1.78. The third-order valence-corrected chi connectivity index (χ3v) is 7.50. The highest BCUT2D eigenvalue weighted by Gasteiger charge is 2.47. The molecule has 138 valence electrons. The molecule has 26 heavy (non-hydrogen) atoms. The monoisotopic (exact) mass is 347 g/mol. The fourth-order valence-corrected chi connectivity index (χ4v) is 5.63. The summed E-state index contributed by atoms with van der Waals surface area (Å²) in [6.07, 6.45) is 12.8. The summed E-state index contributed by atoms with van der Waals surface area (Å²) in [5.41, 5.74) is 6.16. The van der Waals surface area contributed by atoms with Gasteiger partial charge in [0.25, 0.3) is 0 Å². The van der Waals surface area contributed by atoms with E-state index in [1.807, 2.05) is 0 Å². The molecule has 5 atom stereocenters. The first-order valence-electron chi connectivity index (χ1n) is 10.6. The molecule has 0 N–H and O–H groups in total. The van der Waals surface area contributed by atoms with Crippen molar-refractivity contribution in [2.75, 3.05) is 0 Å². The average molecular weight is 348 g/mol. The molecule has 0 heterocycles. The Kier molecular flexibility index (Phi) is 4.50. The molecule has 0 radical (unpaired) electrons. The van der Waals surface area contributed by atoms with Crippen LogP contribution in [0.15, 0.2) is 23.2 Å². The van der Waals surface area contributed by atoms with E-state index >= 15 is 0 Å². The van der Waals surface area contributed by atoms with Crippen LogP contribution in [-0.2, 0) is 5.41 Å². The maximum absolute atomic E-state index is 5.52. The summed E-state index contributed by atoms with van der Waals surface area (Å²) in [4.78, 5) is 5.27. The molecule has 2 fully saturated rings. The number of fused-ring (bicyclic) bond motifs is 3. The maximum Gasteiger partial charge on any atom is 0.0544 e. The van der Waals surface area contributed by atoms with Gasteiger partial charge in [-0.1, -0.05) is 52.7 Å². The molecule has 1 aromatic rings. The highest BCUT2D eigenvalue weighted by Crippen LogP contribution is 2.53. The minimum atomic E-state index is 0.323.